The Labute approximate surface area is 141 Å². The van der Waals surface area contributed by atoms with Crippen LogP contribution >= 0.6 is 0 Å². The number of esters is 1. The van der Waals surface area contributed by atoms with Crippen LogP contribution < -0.4 is 10.6 Å². The number of nitrogens with one attached hydrogen (secondary N) is 2. The van der Waals surface area contributed by atoms with Crippen LogP contribution in [0.15, 0.2) is 30.5 Å². The highest BCUT2D eigenvalue weighted by molar-refractivity contribution is 6.05. The van der Waals surface area contributed by atoms with Crippen LogP contribution in [0.25, 0.3) is 10.9 Å². The molecule has 0 bridgehead atoms. The van der Waals surface area contributed by atoms with Gasteiger partial charge in [0.15, 0.2) is 0 Å². The first-order chi connectivity index (χ1) is 11.3. The second-order valence-corrected chi connectivity index (χ2v) is 6.44. The minimum atomic E-state index is -0.463. The number of anilines is 1. The summed E-state index contributed by atoms with van der Waals surface area (Å²) < 4.78 is 5.09. The quantitative estimate of drug-likeness (QED) is 0.825. The van der Waals surface area contributed by atoms with E-state index in [0.717, 1.165) is 10.9 Å². The summed E-state index contributed by atoms with van der Waals surface area (Å²) in [6.07, 6.45) is 1.48. The highest BCUT2D eigenvalue weighted by atomic mass is 16.5. The van der Waals surface area contributed by atoms with Crippen molar-refractivity contribution >= 4 is 28.5 Å². The third kappa shape index (κ3) is 4.44. The number of pyridine rings is 1. The average Bonchev–Trinajstić information content (AvgIpc) is 2.51. The van der Waals surface area contributed by atoms with Gasteiger partial charge in [-0.1, -0.05) is 18.2 Å². The second-order valence-electron chi connectivity index (χ2n) is 6.44. The number of fused-ring (bicyclic) bond motifs is 1. The lowest BCUT2D eigenvalue weighted by atomic mass is 10.1. The number of rotatable bonds is 5. The van der Waals surface area contributed by atoms with Gasteiger partial charge in [-0.05, 0) is 33.8 Å². The van der Waals surface area contributed by atoms with Crippen LogP contribution in [0, 0.1) is 0 Å². The van der Waals surface area contributed by atoms with Gasteiger partial charge in [-0.2, -0.15) is 0 Å². The van der Waals surface area contributed by atoms with E-state index in [1.807, 2.05) is 45.0 Å². The van der Waals surface area contributed by atoms with Crippen molar-refractivity contribution in [3.05, 3.63) is 36.0 Å². The maximum Gasteiger partial charge on any atom is 0.341 e. The first-order valence-electron chi connectivity index (χ1n) is 7.91. The van der Waals surface area contributed by atoms with Gasteiger partial charge in [0.05, 0.1) is 24.4 Å². The first-order valence-corrected chi connectivity index (χ1v) is 7.91. The van der Waals surface area contributed by atoms with Crippen molar-refractivity contribution in [2.45, 2.75) is 33.2 Å². The van der Waals surface area contributed by atoms with Gasteiger partial charge in [0.2, 0.25) is 5.91 Å². The van der Waals surface area contributed by atoms with E-state index in [1.165, 1.54) is 6.20 Å². The highest BCUT2D eigenvalue weighted by Crippen LogP contribution is 2.26. The molecule has 2 rings (SSSR count). The number of benzene rings is 1. The molecule has 0 aliphatic carbocycles. The van der Waals surface area contributed by atoms with Crippen LogP contribution in [-0.4, -0.2) is 35.6 Å². The number of carbonyl (C=O) groups is 2. The lowest BCUT2D eigenvalue weighted by molar-refractivity contribution is -0.120. The van der Waals surface area contributed by atoms with Gasteiger partial charge in [0, 0.05) is 17.1 Å². The van der Waals surface area contributed by atoms with Crippen LogP contribution in [0.4, 0.5) is 5.69 Å². The summed E-state index contributed by atoms with van der Waals surface area (Å²) in [6, 6.07) is 7.44. The van der Waals surface area contributed by atoms with Crippen molar-refractivity contribution in [3.63, 3.8) is 0 Å². The van der Waals surface area contributed by atoms with E-state index in [-0.39, 0.29) is 24.6 Å². The van der Waals surface area contributed by atoms with E-state index in [2.05, 4.69) is 15.6 Å². The van der Waals surface area contributed by atoms with Crippen LogP contribution in [0.3, 0.4) is 0 Å². The highest BCUT2D eigenvalue weighted by Gasteiger charge is 2.18. The van der Waals surface area contributed by atoms with Gasteiger partial charge in [0.1, 0.15) is 5.56 Å². The SMILES string of the molecule is CCOC(=O)c1cnc2ccccc2c1NCC(=O)NC(C)(C)C. The molecule has 0 saturated heterocycles. The van der Waals surface area contributed by atoms with E-state index >= 15 is 0 Å². The van der Waals surface area contributed by atoms with Gasteiger partial charge >= 0.3 is 5.97 Å². The van der Waals surface area contributed by atoms with E-state index in [9.17, 15) is 9.59 Å². The molecule has 0 radical (unpaired) electrons. The number of aromatic nitrogens is 1. The molecule has 1 aromatic heterocycles. The monoisotopic (exact) mass is 329 g/mol. The Bertz CT molecular complexity index is 751. The first kappa shape index (κ1) is 17.7. The van der Waals surface area contributed by atoms with Crippen molar-refractivity contribution < 1.29 is 14.3 Å². The van der Waals surface area contributed by atoms with Crippen molar-refractivity contribution in [1.29, 1.82) is 0 Å². The number of carbonyl (C=O) groups excluding carboxylic acids is 2. The molecule has 0 fully saturated rings. The van der Waals surface area contributed by atoms with E-state index < -0.39 is 5.97 Å². The minimum absolute atomic E-state index is 0.0533. The number of para-hydroxylation sites is 1. The average molecular weight is 329 g/mol. The summed E-state index contributed by atoms with van der Waals surface area (Å²) >= 11 is 0. The topological polar surface area (TPSA) is 80.3 Å². The maximum atomic E-state index is 12.2. The number of nitrogens with zero attached hydrogens (tertiary/aromatic N) is 1. The van der Waals surface area contributed by atoms with Crippen LogP contribution in [0.5, 0.6) is 0 Å². The van der Waals surface area contributed by atoms with Crippen molar-refractivity contribution in [1.82, 2.24) is 10.3 Å². The molecule has 0 aliphatic rings. The fraction of sp³-hybridized carbons (Fsp3) is 0.389. The number of amides is 1. The summed E-state index contributed by atoms with van der Waals surface area (Å²) in [5, 5.41) is 6.71. The molecular formula is C18H23N3O3. The largest absolute Gasteiger partial charge is 0.462 e. The zero-order chi connectivity index (χ0) is 17.7. The predicted molar refractivity (Wildman–Crippen MR) is 94.1 cm³/mol. The number of hydrogen-bond acceptors (Lipinski definition) is 5. The molecule has 128 valence electrons. The molecule has 0 atom stereocenters. The Balaban J connectivity index is 2.33. The van der Waals surface area contributed by atoms with Crippen LogP contribution in [-0.2, 0) is 9.53 Å². The van der Waals surface area contributed by atoms with Gasteiger partial charge in [-0.25, -0.2) is 4.79 Å². The standard InChI is InChI=1S/C18H23N3O3/c1-5-24-17(23)13-10-19-14-9-7-6-8-12(14)16(13)20-11-15(22)21-18(2,3)4/h6-10H,5,11H2,1-4H3,(H,19,20)(H,21,22). The molecular weight excluding hydrogens is 306 g/mol. The fourth-order valence-electron chi connectivity index (χ4n) is 2.33. The van der Waals surface area contributed by atoms with Crippen molar-refractivity contribution in [2.75, 3.05) is 18.5 Å². The zero-order valence-corrected chi connectivity index (χ0v) is 14.5. The van der Waals surface area contributed by atoms with Gasteiger partial charge in [-0.3, -0.25) is 9.78 Å². The Morgan fingerprint density at radius 1 is 1.21 bits per heavy atom. The lowest BCUT2D eigenvalue weighted by Gasteiger charge is -2.21. The summed E-state index contributed by atoms with van der Waals surface area (Å²) in [5.74, 6) is -0.618. The molecule has 24 heavy (non-hydrogen) atoms. The van der Waals surface area contributed by atoms with Crippen LogP contribution in [0.1, 0.15) is 38.1 Å². The summed E-state index contributed by atoms with van der Waals surface area (Å²) in [7, 11) is 0. The van der Waals surface area contributed by atoms with Gasteiger partial charge < -0.3 is 15.4 Å². The normalized spacial score (nSPS) is 11.2. The third-order valence-electron chi connectivity index (χ3n) is 3.21. The van der Waals surface area contributed by atoms with Gasteiger partial charge in [-0.15, -0.1) is 0 Å². The molecule has 0 spiro atoms. The maximum absolute atomic E-state index is 12.2. The Morgan fingerprint density at radius 2 is 1.92 bits per heavy atom. The van der Waals surface area contributed by atoms with E-state index in [1.54, 1.807) is 6.92 Å². The van der Waals surface area contributed by atoms with E-state index in [0.29, 0.717) is 11.3 Å². The molecule has 0 saturated carbocycles. The van der Waals surface area contributed by atoms with Gasteiger partial charge in [0.25, 0.3) is 0 Å². The summed E-state index contributed by atoms with van der Waals surface area (Å²) in [5.41, 5.74) is 1.30. The molecule has 1 aromatic carbocycles. The second kappa shape index (κ2) is 7.29. The van der Waals surface area contributed by atoms with E-state index in [4.69, 9.17) is 4.74 Å². The fourth-order valence-corrected chi connectivity index (χ4v) is 2.33. The zero-order valence-electron chi connectivity index (χ0n) is 14.5. The summed E-state index contributed by atoms with van der Waals surface area (Å²) in [6.45, 7) is 7.81. The number of hydrogen-bond donors (Lipinski definition) is 2. The Morgan fingerprint density at radius 3 is 2.58 bits per heavy atom. The molecule has 2 N–H and O–H groups in total. The van der Waals surface area contributed by atoms with Crippen molar-refractivity contribution in [2.24, 2.45) is 0 Å². The predicted octanol–water partition coefficient (Wildman–Crippen LogP) is 2.74. The van der Waals surface area contributed by atoms with Crippen LogP contribution in [0.2, 0.25) is 0 Å². The molecule has 6 heteroatoms. The van der Waals surface area contributed by atoms with Crippen molar-refractivity contribution in [3.8, 4) is 0 Å². The smallest absolute Gasteiger partial charge is 0.341 e. The molecule has 1 amide bonds. The molecule has 0 aliphatic heterocycles. The molecule has 0 unspecified atom stereocenters. The Hall–Kier alpha value is -2.63. The molecule has 1 heterocycles. The molecule has 2 aromatic rings. The summed E-state index contributed by atoms with van der Waals surface area (Å²) in [4.78, 5) is 28.5. The minimum Gasteiger partial charge on any atom is -0.462 e. The molecule has 6 nitrogen and oxygen atoms in total. The number of ether oxygens (including phenoxy) is 1. The third-order valence-corrected chi connectivity index (χ3v) is 3.21. The Kier molecular flexibility index (Phi) is 5.39. The lowest BCUT2D eigenvalue weighted by Crippen LogP contribution is -2.43.